The van der Waals surface area contributed by atoms with E-state index >= 15 is 0 Å². The Kier molecular flexibility index (Phi) is 29.2. The molecule has 0 aromatic heterocycles. The van der Waals surface area contributed by atoms with Crippen LogP contribution in [0, 0.1) is 0 Å². The van der Waals surface area contributed by atoms with Gasteiger partial charge in [0.15, 0.2) is 0 Å². The fraction of sp³-hybridized carbons (Fsp3) is 1.00. The van der Waals surface area contributed by atoms with Crippen molar-refractivity contribution in [2.45, 2.75) is 175 Å². The van der Waals surface area contributed by atoms with Gasteiger partial charge in [-0.1, -0.05) is 39.5 Å². The van der Waals surface area contributed by atoms with E-state index in [9.17, 15) is 24.1 Å². The Bertz CT molecular complexity index is 869. The first kappa shape index (κ1) is 46.1. The van der Waals surface area contributed by atoms with Crippen LogP contribution in [0.2, 0.25) is 0 Å². The fourth-order valence-electron chi connectivity index (χ4n) is 5.16. The van der Waals surface area contributed by atoms with Crippen molar-refractivity contribution in [1.82, 2.24) is 0 Å². The number of rotatable bonds is 32. The van der Waals surface area contributed by atoms with Crippen LogP contribution in [0.5, 0.6) is 0 Å². The van der Waals surface area contributed by atoms with Crippen LogP contribution in [0.4, 0.5) is 0 Å². The molecule has 0 aliphatic heterocycles. The average Bonchev–Trinajstić information content (AvgIpc) is 2.93. The number of phosphoric acid groups is 1. The molecule has 0 bridgehead atoms. The second-order valence-electron chi connectivity index (χ2n) is 12.2. The molecule has 0 rings (SSSR count). The third kappa shape index (κ3) is 25.1. The summed E-state index contributed by atoms with van der Waals surface area (Å²) in [5.41, 5.74) is 0. The van der Waals surface area contributed by atoms with Crippen molar-refractivity contribution in [1.29, 1.82) is 0 Å². The molecule has 0 aromatic carbocycles. The Labute approximate surface area is 287 Å². The standard InChI is InChI=1S/C30H68O8P3S2.Mo/c1-4-7-10-13-15-17-19-21-23-25-28-36-41(35,37-39(31,32)42)38-40(33,34)43(29-26-12-9-6-3)30-27-24-22-20-18-16-14-11-8-5-2;/h33-34,43H,4-30H2,1-3H3,(H2,31,32,42);. The number of thiol groups is 1. The topological polar surface area (TPSA) is 126 Å². The van der Waals surface area contributed by atoms with Gasteiger partial charge in [-0.05, 0) is 0 Å². The minimum Gasteiger partial charge on any atom is -0.0654 e. The van der Waals surface area contributed by atoms with Crippen molar-refractivity contribution in [3.8, 4) is 0 Å². The molecule has 1 unspecified atom stereocenters. The summed E-state index contributed by atoms with van der Waals surface area (Å²) in [6.45, 7) is -4.66. The first-order chi connectivity index (χ1) is 20.8. The quantitative estimate of drug-likeness (QED) is 0.0195. The van der Waals surface area contributed by atoms with Crippen molar-refractivity contribution in [3.05, 3.63) is 0 Å². The second kappa shape index (κ2) is 27.8. The predicted molar refractivity (Wildman–Crippen MR) is 192 cm³/mol. The van der Waals surface area contributed by atoms with Gasteiger partial charge in [0.1, 0.15) is 0 Å². The maximum absolute atomic E-state index is 13.6. The molecule has 0 amide bonds. The Morgan fingerprint density at radius 3 is 1.23 bits per heavy atom. The molecule has 4 N–H and O–H groups in total. The van der Waals surface area contributed by atoms with Crippen LogP contribution < -0.4 is 0 Å². The zero-order chi connectivity index (χ0) is 33.2. The summed E-state index contributed by atoms with van der Waals surface area (Å²) in [5, 5.41) is 0. The van der Waals surface area contributed by atoms with Gasteiger partial charge in [-0.25, -0.2) is 0 Å². The Hall–Kier alpha value is 2.07. The van der Waals surface area contributed by atoms with Crippen LogP contribution in [0.3, 0.4) is 0 Å². The molecule has 0 saturated carbocycles. The van der Waals surface area contributed by atoms with Crippen molar-refractivity contribution in [3.63, 3.8) is 0 Å². The van der Waals surface area contributed by atoms with Gasteiger partial charge in [-0.3, -0.25) is 0 Å². The summed E-state index contributed by atoms with van der Waals surface area (Å²) in [6, 6.07) is 0. The fourth-order valence-corrected chi connectivity index (χ4v) is 20.1. The summed E-state index contributed by atoms with van der Waals surface area (Å²) in [5.74, 6) is 1.20. The third-order valence-electron chi connectivity index (χ3n) is 7.86. The maximum atomic E-state index is 13.6. The molecule has 1 atom stereocenters. The molecule has 44 heavy (non-hydrogen) atoms. The molecule has 0 saturated heterocycles. The predicted octanol–water partition coefficient (Wildman–Crippen LogP) is 10.8. The van der Waals surface area contributed by atoms with Gasteiger partial charge in [0, 0.05) is 0 Å². The molecule has 0 spiro atoms. The van der Waals surface area contributed by atoms with Gasteiger partial charge in [0.2, 0.25) is 0 Å². The van der Waals surface area contributed by atoms with Crippen LogP contribution in [0.15, 0.2) is 0 Å². The first-order valence-electron chi connectivity index (χ1n) is 17.5. The summed E-state index contributed by atoms with van der Waals surface area (Å²) in [6.07, 6.45) is 26.8. The number of hydrogen-bond donors (Lipinski definition) is 5. The van der Waals surface area contributed by atoms with Gasteiger partial charge >= 0.3 is 249 Å². The van der Waals surface area contributed by atoms with Crippen molar-refractivity contribution >= 4 is 40.0 Å². The van der Waals surface area contributed by atoms with Crippen LogP contribution in [-0.2, 0) is 55.0 Å². The van der Waals surface area contributed by atoms with Gasteiger partial charge < -0.3 is 0 Å². The summed E-state index contributed by atoms with van der Waals surface area (Å²) >= 11 is 6.36. The number of hydrogen-bond acceptors (Lipinski definition) is 5. The van der Waals surface area contributed by atoms with E-state index in [0.717, 1.165) is 64.2 Å². The van der Waals surface area contributed by atoms with Gasteiger partial charge in [0.25, 0.3) is 0 Å². The monoisotopic (exact) mass is 811 g/mol. The second-order valence-corrected chi connectivity index (χ2v) is 31.8. The molecule has 0 aliphatic carbocycles. The van der Waals surface area contributed by atoms with E-state index in [0.29, 0.717) is 17.9 Å². The molecule has 0 heterocycles. The molecule has 14 heteroatoms. The van der Waals surface area contributed by atoms with Crippen LogP contribution in [0.25, 0.3) is 0 Å². The Morgan fingerprint density at radius 2 is 0.864 bits per heavy atom. The van der Waals surface area contributed by atoms with Crippen LogP contribution in [-0.4, -0.2) is 37.7 Å². The van der Waals surface area contributed by atoms with Crippen LogP contribution in [0.1, 0.15) is 175 Å². The zero-order valence-corrected chi connectivity index (χ0v) is 34.5. The Morgan fingerprint density at radius 1 is 0.545 bits per heavy atom. The van der Waals surface area contributed by atoms with E-state index in [4.69, 9.17) is 13.1 Å². The van der Waals surface area contributed by atoms with E-state index in [-0.39, 0.29) is 6.61 Å². The average molecular weight is 810 g/mol. The first-order valence-corrected chi connectivity index (χ1v) is 28.7. The molecule has 0 fully saturated rings. The molecular formula is C30H68MoO8P3S2. The SMILES string of the molecule is CCCCCCCCCCCCOP(=O)(OP(O)(O)=S)OP(O)(O)=[SH]([Mo])(CCCCCC)CCCCCCCCCCCC. The molecule has 269 valence electrons. The molecule has 0 radical (unpaired) electrons. The van der Waals surface area contributed by atoms with Crippen LogP contribution >= 0.6 is 21.3 Å². The molecular weight excluding hydrogens is 741 g/mol. The van der Waals surface area contributed by atoms with E-state index in [2.05, 4.69) is 32.6 Å². The molecule has 0 aromatic rings. The van der Waals surface area contributed by atoms with Crippen molar-refractivity contribution in [2.75, 3.05) is 18.1 Å². The summed E-state index contributed by atoms with van der Waals surface area (Å²) in [4.78, 5) is 42.5. The number of unbranched alkanes of at least 4 members (excludes halogenated alkanes) is 21. The summed E-state index contributed by atoms with van der Waals surface area (Å²) < 4.78 is 29.4. The van der Waals surface area contributed by atoms with Crippen molar-refractivity contribution < 1.29 is 55.8 Å². The smallest absolute Gasteiger partial charge is 0.0654 e. The van der Waals surface area contributed by atoms with E-state index in [1.165, 1.54) is 83.5 Å². The van der Waals surface area contributed by atoms with Gasteiger partial charge in [-0.15, -0.1) is 0 Å². The normalized spacial score (nSPS) is 14.6. The van der Waals surface area contributed by atoms with E-state index in [1.54, 1.807) is 18.5 Å². The van der Waals surface area contributed by atoms with Crippen molar-refractivity contribution in [2.24, 2.45) is 0 Å². The minimum atomic E-state index is -4.72. The molecule has 8 nitrogen and oxygen atoms in total. The summed E-state index contributed by atoms with van der Waals surface area (Å²) in [7, 11) is -4.72. The van der Waals surface area contributed by atoms with E-state index < -0.39 is 28.2 Å². The Balaban J connectivity index is 5.23. The van der Waals surface area contributed by atoms with E-state index in [1.807, 2.05) is 0 Å². The molecule has 0 aliphatic rings. The van der Waals surface area contributed by atoms with Gasteiger partial charge in [0.05, 0.1) is 0 Å². The zero-order valence-electron chi connectivity index (χ0n) is 28.1. The third-order valence-corrected chi connectivity index (χ3v) is 27.4. The minimum absolute atomic E-state index is 0.0198. The van der Waals surface area contributed by atoms with Gasteiger partial charge in [-0.2, -0.15) is 0 Å².